The Bertz CT molecular complexity index is 527. The first-order valence-electron chi connectivity index (χ1n) is 5.56. The van der Waals surface area contributed by atoms with Crippen LogP contribution in [0.4, 0.5) is 5.69 Å². The molecule has 5 heteroatoms. The average Bonchev–Trinajstić information content (AvgIpc) is 2.77. The predicted octanol–water partition coefficient (Wildman–Crippen LogP) is 3.39. The van der Waals surface area contributed by atoms with E-state index in [1.165, 1.54) is 4.88 Å². The molecule has 2 rings (SSSR count). The van der Waals surface area contributed by atoms with Crippen molar-refractivity contribution in [3.05, 3.63) is 44.6 Å². The van der Waals surface area contributed by atoms with Gasteiger partial charge < -0.3 is 15.8 Å². The van der Waals surface area contributed by atoms with E-state index in [-0.39, 0.29) is 0 Å². The molecule has 0 saturated heterocycles. The molecule has 0 aliphatic heterocycles. The zero-order valence-electron chi connectivity index (χ0n) is 10.1. The number of anilines is 1. The van der Waals surface area contributed by atoms with Gasteiger partial charge in [0.15, 0.2) is 0 Å². The van der Waals surface area contributed by atoms with Crippen LogP contribution < -0.4 is 15.8 Å². The highest BCUT2D eigenvalue weighted by Crippen LogP contribution is 2.22. The normalized spacial score (nSPS) is 10.6. The second kappa shape index (κ2) is 6.22. The van der Waals surface area contributed by atoms with E-state index in [0.717, 1.165) is 33.9 Å². The summed E-state index contributed by atoms with van der Waals surface area (Å²) < 4.78 is 6.34. The molecule has 0 saturated carbocycles. The summed E-state index contributed by atoms with van der Waals surface area (Å²) in [4.78, 5) is 1.29. The van der Waals surface area contributed by atoms with Gasteiger partial charge in [-0.25, -0.2) is 0 Å². The van der Waals surface area contributed by atoms with Gasteiger partial charge in [-0.05, 0) is 51.8 Å². The summed E-state index contributed by atoms with van der Waals surface area (Å²) in [6.07, 6.45) is 0. The quantitative estimate of drug-likeness (QED) is 0.828. The lowest BCUT2D eigenvalue weighted by atomic mass is 10.1. The van der Waals surface area contributed by atoms with Crippen molar-refractivity contribution >= 4 is 33.0 Å². The fraction of sp³-hybridized carbons (Fsp3) is 0.231. The SMILES string of the molecule is COc1ccc(N)c(CNCc2ccc(Br)s2)c1. The van der Waals surface area contributed by atoms with Crippen LogP contribution in [0.25, 0.3) is 0 Å². The van der Waals surface area contributed by atoms with E-state index in [9.17, 15) is 0 Å². The minimum absolute atomic E-state index is 0.735. The summed E-state index contributed by atoms with van der Waals surface area (Å²) in [5, 5.41) is 3.38. The maximum absolute atomic E-state index is 5.93. The van der Waals surface area contributed by atoms with Crippen LogP contribution in [-0.2, 0) is 13.1 Å². The van der Waals surface area contributed by atoms with Gasteiger partial charge in [0.25, 0.3) is 0 Å². The number of ether oxygens (including phenoxy) is 1. The summed E-state index contributed by atoms with van der Waals surface area (Å²) >= 11 is 5.19. The van der Waals surface area contributed by atoms with Crippen LogP contribution >= 0.6 is 27.3 Å². The third kappa shape index (κ3) is 3.48. The van der Waals surface area contributed by atoms with Gasteiger partial charge in [-0.1, -0.05) is 0 Å². The Morgan fingerprint density at radius 3 is 2.78 bits per heavy atom. The number of methoxy groups -OCH3 is 1. The summed E-state index contributed by atoms with van der Waals surface area (Å²) in [6, 6.07) is 9.87. The van der Waals surface area contributed by atoms with E-state index >= 15 is 0 Å². The first-order valence-corrected chi connectivity index (χ1v) is 7.17. The van der Waals surface area contributed by atoms with E-state index in [0.29, 0.717) is 0 Å². The van der Waals surface area contributed by atoms with Gasteiger partial charge in [-0.15, -0.1) is 11.3 Å². The summed E-state index contributed by atoms with van der Waals surface area (Å²) in [5.41, 5.74) is 7.78. The zero-order chi connectivity index (χ0) is 13.0. The maximum Gasteiger partial charge on any atom is 0.119 e. The molecule has 0 radical (unpaired) electrons. The first-order chi connectivity index (χ1) is 8.69. The summed E-state index contributed by atoms with van der Waals surface area (Å²) in [7, 11) is 1.66. The molecule has 96 valence electrons. The Hall–Kier alpha value is -1.04. The maximum atomic E-state index is 5.93. The largest absolute Gasteiger partial charge is 0.497 e. The second-order valence-corrected chi connectivity index (χ2v) is 6.42. The lowest BCUT2D eigenvalue weighted by Crippen LogP contribution is -2.13. The fourth-order valence-corrected chi connectivity index (χ4v) is 3.08. The number of nitrogens with two attached hydrogens (primary N) is 1. The van der Waals surface area contributed by atoms with Crippen molar-refractivity contribution < 1.29 is 4.74 Å². The van der Waals surface area contributed by atoms with Gasteiger partial charge in [0.2, 0.25) is 0 Å². The van der Waals surface area contributed by atoms with Crippen LogP contribution in [0.1, 0.15) is 10.4 Å². The van der Waals surface area contributed by atoms with Gasteiger partial charge in [0.1, 0.15) is 5.75 Å². The van der Waals surface area contributed by atoms with Crippen molar-refractivity contribution in [2.75, 3.05) is 12.8 Å². The molecule has 0 atom stereocenters. The van der Waals surface area contributed by atoms with Crippen LogP contribution in [0.2, 0.25) is 0 Å². The van der Waals surface area contributed by atoms with Crippen molar-refractivity contribution in [2.24, 2.45) is 0 Å². The molecule has 0 aliphatic carbocycles. The van der Waals surface area contributed by atoms with Gasteiger partial charge in [-0.3, -0.25) is 0 Å². The van der Waals surface area contributed by atoms with Crippen molar-refractivity contribution in [1.29, 1.82) is 0 Å². The van der Waals surface area contributed by atoms with Crippen LogP contribution in [0, 0.1) is 0 Å². The standard InChI is InChI=1S/C13H15BrN2OS/c1-17-10-2-4-12(15)9(6-10)7-16-8-11-3-5-13(14)18-11/h2-6,16H,7-8,15H2,1H3. The Labute approximate surface area is 119 Å². The minimum atomic E-state index is 0.735. The third-order valence-corrected chi connectivity index (χ3v) is 4.22. The van der Waals surface area contributed by atoms with Gasteiger partial charge >= 0.3 is 0 Å². The molecule has 0 aliphatic rings. The van der Waals surface area contributed by atoms with E-state index in [1.54, 1.807) is 18.4 Å². The molecule has 1 heterocycles. The van der Waals surface area contributed by atoms with Crippen LogP contribution in [0.5, 0.6) is 5.75 Å². The monoisotopic (exact) mass is 326 g/mol. The number of rotatable bonds is 5. The summed E-state index contributed by atoms with van der Waals surface area (Å²) in [6.45, 7) is 1.57. The van der Waals surface area contributed by atoms with Crippen LogP contribution in [0.15, 0.2) is 34.1 Å². The second-order valence-electron chi connectivity index (χ2n) is 3.87. The van der Waals surface area contributed by atoms with Crippen LogP contribution in [0.3, 0.4) is 0 Å². The fourth-order valence-electron chi connectivity index (χ4n) is 1.63. The average molecular weight is 327 g/mol. The number of halogens is 1. The van der Waals surface area contributed by atoms with Gasteiger partial charge in [-0.2, -0.15) is 0 Å². The number of benzene rings is 1. The van der Waals surface area contributed by atoms with Crippen molar-refractivity contribution in [2.45, 2.75) is 13.1 Å². The van der Waals surface area contributed by atoms with Gasteiger partial charge in [0, 0.05) is 23.7 Å². The molecule has 1 aromatic carbocycles. The van der Waals surface area contributed by atoms with E-state index in [2.05, 4.69) is 33.4 Å². The molecule has 0 bridgehead atoms. The number of nitrogens with one attached hydrogen (secondary N) is 1. The molecule has 18 heavy (non-hydrogen) atoms. The lowest BCUT2D eigenvalue weighted by molar-refractivity contribution is 0.414. The Balaban J connectivity index is 1.93. The molecule has 0 fully saturated rings. The van der Waals surface area contributed by atoms with Gasteiger partial charge in [0.05, 0.1) is 10.9 Å². The van der Waals surface area contributed by atoms with Crippen molar-refractivity contribution in [1.82, 2.24) is 5.32 Å². The van der Waals surface area contributed by atoms with Crippen molar-refractivity contribution in [3.8, 4) is 5.75 Å². The molecule has 3 nitrogen and oxygen atoms in total. The summed E-state index contributed by atoms with van der Waals surface area (Å²) in [5.74, 6) is 0.833. The number of hydrogen-bond acceptors (Lipinski definition) is 4. The topological polar surface area (TPSA) is 47.3 Å². The number of hydrogen-bond donors (Lipinski definition) is 2. The molecule has 2 aromatic rings. The lowest BCUT2D eigenvalue weighted by Gasteiger charge is -2.09. The highest BCUT2D eigenvalue weighted by molar-refractivity contribution is 9.11. The van der Waals surface area contributed by atoms with E-state index in [1.807, 2.05) is 18.2 Å². The molecule has 1 aromatic heterocycles. The van der Waals surface area contributed by atoms with Crippen LogP contribution in [-0.4, -0.2) is 7.11 Å². The minimum Gasteiger partial charge on any atom is -0.497 e. The Morgan fingerprint density at radius 1 is 1.28 bits per heavy atom. The predicted molar refractivity (Wildman–Crippen MR) is 80.0 cm³/mol. The molecular weight excluding hydrogens is 312 g/mol. The molecule has 3 N–H and O–H groups in total. The molecule has 0 unspecified atom stereocenters. The molecule has 0 spiro atoms. The smallest absolute Gasteiger partial charge is 0.119 e. The van der Waals surface area contributed by atoms with Crippen molar-refractivity contribution in [3.63, 3.8) is 0 Å². The van der Waals surface area contributed by atoms with E-state index < -0.39 is 0 Å². The highest BCUT2D eigenvalue weighted by Gasteiger charge is 2.02. The van der Waals surface area contributed by atoms with E-state index in [4.69, 9.17) is 10.5 Å². The first kappa shape index (κ1) is 13.4. The molecular formula is C13H15BrN2OS. The zero-order valence-corrected chi connectivity index (χ0v) is 12.5. The number of nitrogen functional groups attached to an aromatic ring is 1. The highest BCUT2D eigenvalue weighted by atomic mass is 79.9. The molecule has 0 amide bonds. The third-order valence-electron chi connectivity index (χ3n) is 2.59. The Morgan fingerprint density at radius 2 is 2.11 bits per heavy atom. The number of thiophene rings is 1. The Kier molecular flexibility index (Phi) is 4.63.